The van der Waals surface area contributed by atoms with Crippen molar-refractivity contribution in [2.24, 2.45) is 0 Å². The lowest BCUT2D eigenvalue weighted by atomic mass is 10.2. The number of carbonyl (C=O) groups excluding carboxylic acids is 1. The first-order valence-corrected chi connectivity index (χ1v) is 10.4. The molecule has 1 amide bonds. The van der Waals surface area contributed by atoms with E-state index in [1.807, 2.05) is 12.1 Å². The van der Waals surface area contributed by atoms with E-state index in [-0.39, 0.29) is 10.8 Å². The fourth-order valence-electron chi connectivity index (χ4n) is 3.00. The third kappa shape index (κ3) is 4.71. The lowest BCUT2D eigenvalue weighted by molar-refractivity contribution is 0.0951. The summed E-state index contributed by atoms with van der Waals surface area (Å²) in [6.07, 6.45) is 3.34. The Morgan fingerprint density at radius 2 is 1.67 bits per heavy atom. The molecule has 2 heterocycles. The average molecular weight is 388 g/mol. The molecule has 1 fully saturated rings. The molecule has 144 valence electrons. The van der Waals surface area contributed by atoms with E-state index in [4.69, 9.17) is 0 Å². The van der Waals surface area contributed by atoms with Crippen molar-refractivity contribution in [1.29, 1.82) is 0 Å². The zero-order valence-electron chi connectivity index (χ0n) is 15.3. The number of hydrogen-bond donors (Lipinski definition) is 1. The molecular formula is C19H24N4O3S. The van der Waals surface area contributed by atoms with Gasteiger partial charge in [-0.3, -0.25) is 9.78 Å². The van der Waals surface area contributed by atoms with Crippen LogP contribution in [-0.4, -0.2) is 61.2 Å². The Labute approximate surface area is 160 Å². The van der Waals surface area contributed by atoms with Crippen LogP contribution < -0.4 is 5.32 Å². The van der Waals surface area contributed by atoms with Gasteiger partial charge >= 0.3 is 0 Å². The van der Waals surface area contributed by atoms with Crippen LogP contribution >= 0.6 is 0 Å². The molecule has 1 N–H and O–H groups in total. The van der Waals surface area contributed by atoms with Crippen molar-refractivity contribution in [3.63, 3.8) is 0 Å². The van der Waals surface area contributed by atoms with E-state index >= 15 is 0 Å². The molecule has 1 aromatic carbocycles. The number of aromatic nitrogens is 1. The number of nitrogens with zero attached hydrogens (tertiary/aromatic N) is 3. The van der Waals surface area contributed by atoms with E-state index in [0.29, 0.717) is 25.2 Å². The Bertz CT molecular complexity index is 862. The van der Waals surface area contributed by atoms with Crippen molar-refractivity contribution in [2.75, 3.05) is 32.7 Å². The van der Waals surface area contributed by atoms with Gasteiger partial charge in [0.05, 0.1) is 4.90 Å². The molecule has 1 aliphatic heterocycles. The Morgan fingerprint density at radius 1 is 1.04 bits per heavy atom. The van der Waals surface area contributed by atoms with Gasteiger partial charge in [-0.05, 0) is 48.5 Å². The Morgan fingerprint density at radius 3 is 2.26 bits per heavy atom. The van der Waals surface area contributed by atoms with Crippen LogP contribution in [0, 0.1) is 0 Å². The Kier molecular flexibility index (Phi) is 6.20. The third-order valence-electron chi connectivity index (χ3n) is 4.74. The zero-order chi connectivity index (χ0) is 19.3. The van der Waals surface area contributed by atoms with Gasteiger partial charge in [0.1, 0.15) is 0 Å². The normalized spacial score (nSPS) is 16.2. The molecule has 7 nitrogen and oxygen atoms in total. The summed E-state index contributed by atoms with van der Waals surface area (Å²) in [7, 11) is -3.52. The second-order valence-corrected chi connectivity index (χ2v) is 8.34. The molecule has 0 atom stereocenters. The molecule has 1 aliphatic rings. The second-order valence-electron chi connectivity index (χ2n) is 6.40. The van der Waals surface area contributed by atoms with Crippen LogP contribution in [0.4, 0.5) is 0 Å². The number of hydrogen-bond acceptors (Lipinski definition) is 5. The largest absolute Gasteiger partial charge is 0.348 e. The van der Waals surface area contributed by atoms with Gasteiger partial charge in [0, 0.05) is 50.7 Å². The van der Waals surface area contributed by atoms with Gasteiger partial charge < -0.3 is 10.2 Å². The fraction of sp³-hybridized carbons (Fsp3) is 0.368. The monoisotopic (exact) mass is 388 g/mol. The van der Waals surface area contributed by atoms with Crippen molar-refractivity contribution >= 4 is 15.9 Å². The second kappa shape index (κ2) is 8.60. The highest BCUT2D eigenvalue weighted by molar-refractivity contribution is 7.89. The predicted molar refractivity (Wildman–Crippen MR) is 103 cm³/mol. The lowest BCUT2D eigenvalue weighted by Gasteiger charge is -2.33. The fourth-order valence-corrected chi connectivity index (χ4v) is 4.42. The number of sulfonamides is 1. The van der Waals surface area contributed by atoms with E-state index in [2.05, 4.69) is 22.1 Å². The summed E-state index contributed by atoms with van der Waals surface area (Å²) in [4.78, 5) is 18.6. The summed E-state index contributed by atoms with van der Waals surface area (Å²) in [6, 6.07) is 9.77. The molecule has 8 heteroatoms. The van der Waals surface area contributed by atoms with Gasteiger partial charge in [0.25, 0.3) is 5.91 Å². The summed E-state index contributed by atoms with van der Waals surface area (Å²) in [5.74, 6) is -0.243. The molecule has 3 rings (SSSR count). The third-order valence-corrected chi connectivity index (χ3v) is 6.65. The van der Waals surface area contributed by atoms with E-state index in [1.165, 1.54) is 16.4 Å². The molecule has 2 aromatic rings. The molecule has 27 heavy (non-hydrogen) atoms. The molecule has 0 saturated carbocycles. The summed E-state index contributed by atoms with van der Waals surface area (Å²) < 4.78 is 27.1. The zero-order valence-corrected chi connectivity index (χ0v) is 16.2. The summed E-state index contributed by atoms with van der Waals surface area (Å²) in [5, 5.41) is 2.82. The molecule has 0 unspecified atom stereocenters. The standard InChI is InChI=1S/C19H24N4O3S/c1-2-22-11-13-23(14-12-22)27(25,26)18-5-3-17(4-6-18)19(24)21-15-16-7-9-20-10-8-16/h3-10H,2,11-15H2,1H3,(H,21,24). The van der Waals surface area contributed by atoms with Crippen molar-refractivity contribution in [2.45, 2.75) is 18.4 Å². The van der Waals surface area contributed by atoms with Gasteiger partial charge in [0.15, 0.2) is 0 Å². The van der Waals surface area contributed by atoms with Crippen LogP contribution in [0.1, 0.15) is 22.8 Å². The molecule has 0 radical (unpaired) electrons. The van der Waals surface area contributed by atoms with E-state index < -0.39 is 10.0 Å². The van der Waals surface area contributed by atoms with Gasteiger partial charge in [-0.2, -0.15) is 4.31 Å². The van der Waals surface area contributed by atoms with Gasteiger partial charge in [0.2, 0.25) is 10.0 Å². The van der Waals surface area contributed by atoms with E-state index in [1.54, 1.807) is 24.5 Å². The molecule has 0 aliphatic carbocycles. The Balaban J connectivity index is 1.63. The maximum absolute atomic E-state index is 12.8. The topological polar surface area (TPSA) is 82.6 Å². The van der Waals surface area contributed by atoms with Gasteiger partial charge in [-0.15, -0.1) is 0 Å². The van der Waals surface area contributed by atoms with Crippen molar-refractivity contribution in [3.05, 3.63) is 59.9 Å². The number of rotatable bonds is 6. The highest BCUT2D eigenvalue weighted by atomic mass is 32.2. The highest BCUT2D eigenvalue weighted by Gasteiger charge is 2.28. The first-order chi connectivity index (χ1) is 13.0. The van der Waals surface area contributed by atoms with Crippen LogP contribution in [0.2, 0.25) is 0 Å². The van der Waals surface area contributed by atoms with Gasteiger partial charge in [-0.25, -0.2) is 8.42 Å². The smallest absolute Gasteiger partial charge is 0.251 e. The number of piperazine rings is 1. The maximum atomic E-state index is 12.8. The van der Waals surface area contributed by atoms with E-state index in [0.717, 1.165) is 25.2 Å². The van der Waals surface area contributed by atoms with Crippen LogP contribution in [0.3, 0.4) is 0 Å². The summed E-state index contributed by atoms with van der Waals surface area (Å²) in [5.41, 5.74) is 1.38. The molecule has 0 spiro atoms. The first-order valence-electron chi connectivity index (χ1n) is 9.00. The van der Waals surface area contributed by atoms with Gasteiger partial charge in [-0.1, -0.05) is 6.92 Å². The van der Waals surface area contributed by atoms with E-state index in [9.17, 15) is 13.2 Å². The number of pyridine rings is 1. The minimum atomic E-state index is -3.52. The SMILES string of the molecule is CCN1CCN(S(=O)(=O)c2ccc(C(=O)NCc3ccncc3)cc2)CC1. The molecule has 1 saturated heterocycles. The quantitative estimate of drug-likeness (QED) is 0.807. The molecule has 0 bridgehead atoms. The summed E-state index contributed by atoms with van der Waals surface area (Å²) in [6.45, 7) is 5.86. The van der Waals surface area contributed by atoms with Crippen LogP contribution in [0.5, 0.6) is 0 Å². The predicted octanol–water partition coefficient (Wildman–Crippen LogP) is 1.34. The number of amides is 1. The van der Waals surface area contributed by atoms with Crippen LogP contribution in [-0.2, 0) is 16.6 Å². The van der Waals surface area contributed by atoms with Crippen molar-refractivity contribution in [3.8, 4) is 0 Å². The molecular weight excluding hydrogens is 364 g/mol. The average Bonchev–Trinajstić information content (AvgIpc) is 2.73. The minimum Gasteiger partial charge on any atom is -0.348 e. The number of carbonyl (C=O) groups is 1. The number of nitrogens with one attached hydrogen (secondary N) is 1. The summed E-state index contributed by atoms with van der Waals surface area (Å²) >= 11 is 0. The van der Waals surface area contributed by atoms with Crippen molar-refractivity contribution in [1.82, 2.24) is 19.5 Å². The lowest BCUT2D eigenvalue weighted by Crippen LogP contribution is -2.48. The first kappa shape index (κ1) is 19.5. The van der Waals surface area contributed by atoms with Crippen LogP contribution in [0.15, 0.2) is 53.7 Å². The van der Waals surface area contributed by atoms with Crippen molar-refractivity contribution < 1.29 is 13.2 Å². The number of likely N-dealkylation sites (N-methyl/N-ethyl adjacent to an activating group) is 1. The Hall–Kier alpha value is -2.29. The minimum absolute atomic E-state index is 0.220. The number of benzene rings is 1. The maximum Gasteiger partial charge on any atom is 0.251 e. The highest BCUT2D eigenvalue weighted by Crippen LogP contribution is 2.18. The van der Waals surface area contributed by atoms with Crippen LogP contribution in [0.25, 0.3) is 0 Å². The molecule has 1 aromatic heterocycles.